The fraction of sp³-hybridized carbons (Fsp3) is 0.267. The molecule has 1 aliphatic heterocycles. The minimum Gasteiger partial charge on any atom is -0.390 e. The lowest BCUT2D eigenvalue weighted by Gasteiger charge is -2.34. The van der Waals surface area contributed by atoms with E-state index in [9.17, 15) is 0 Å². The molecule has 1 fully saturated rings. The first-order valence-electron chi connectivity index (χ1n) is 6.96. The molecule has 0 bridgehead atoms. The van der Waals surface area contributed by atoms with Gasteiger partial charge in [0.25, 0.3) is 0 Å². The van der Waals surface area contributed by atoms with Crippen molar-refractivity contribution in [3.05, 3.63) is 41.3 Å². The highest BCUT2D eigenvalue weighted by atomic mass is 35.5. The number of pyridine rings is 2. The minimum atomic E-state index is 0.436. The van der Waals surface area contributed by atoms with E-state index in [1.165, 1.54) is 6.21 Å². The van der Waals surface area contributed by atoms with E-state index >= 15 is 0 Å². The number of aromatic nitrogens is 2. The Morgan fingerprint density at radius 3 is 3.00 bits per heavy atom. The van der Waals surface area contributed by atoms with E-state index in [2.05, 4.69) is 28.1 Å². The van der Waals surface area contributed by atoms with Gasteiger partial charge in [-0.2, -0.15) is 0 Å². The van der Waals surface area contributed by atoms with Crippen molar-refractivity contribution in [1.29, 1.82) is 5.41 Å². The molecule has 2 aromatic heterocycles. The number of halogens is 1. The van der Waals surface area contributed by atoms with Crippen molar-refractivity contribution in [3.8, 4) is 0 Å². The van der Waals surface area contributed by atoms with Gasteiger partial charge >= 0.3 is 0 Å². The molecule has 0 aromatic carbocycles. The Bertz CT molecular complexity index is 727. The summed E-state index contributed by atoms with van der Waals surface area (Å²) < 4.78 is 1.98. The molecule has 2 N–H and O–H groups in total. The van der Waals surface area contributed by atoms with Crippen LogP contribution in [0.25, 0.3) is 16.6 Å². The van der Waals surface area contributed by atoms with Crippen LogP contribution in [0.5, 0.6) is 0 Å². The monoisotopic (exact) mass is 333 g/mol. The fourth-order valence-corrected chi connectivity index (χ4v) is 2.97. The van der Waals surface area contributed by atoms with Gasteiger partial charge in [-0.25, -0.2) is 4.98 Å². The standard InChI is InChI=1S/C15H16ClN5S/c16-15-2-1-13-14(20-15)3-11(7-19-13)12(4-17)6-18-5-10-8-21(22)9-10/h1-4,6-7,10,17-18,22H,5,8-9H2/b12-6+,17-4?. The summed E-state index contributed by atoms with van der Waals surface area (Å²) >= 11 is 10.2. The summed E-state index contributed by atoms with van der Waals surface area (Å²) in [6.45, 7) is 2.85. The second kappa shape index (κ2) is 6.64. The first-order chi connectivity index (χ1) is 10.7. The molecule has 7 heteroatoms. The van der Waals surface area contributed by atoms with Gasteiger partial charge in [0, 0.05) is 55.3 Å². The van der Waals surface area contributed by atoms with Crippen LogP contribution in [0, 0.1) is 11.3 Å². The fourth-order valence-electron chi connectivity index (χ4n) is 2.36. The van der Waals surface area contributed by atoms with Gasteiger partial charge in [-0.15, -0.1) is 0 Å². The van der Waals surface area contributed by atoms with Gasteiger partial charge in [-0.1, -0.05) is 24.4 Å². The summed E-state index contributed by atoms with van der Waals surface area (Å²) in [5.41, 5.74) is 3.11. The summed E-state index contributed by atoms with van der Waals surface area (Å²) in [7, 11) is 0. The van der Waals surface area contributed by atoms with E-state index < -0.39 is 0 Å². The summed E-state index contributed by atoms with van der Waals surface area (Å²) in [6, 6.07) is 5.45. The van der Waals surface area contributed by atoms with Crippen LogP contribution in [0.3, 0.4) is 0 Å². The molecular formula is C15H16ClN5S. The predicted molar refractivity (Wildman–Crippen MR) is 93.4 cm³/mol. The number of allylic oxidation sites excluding steroid dienone is 1. The topological polar surface area (TPSA) is 64.9 Å². The molecule has 114 valence electrons. The maximum atomic E-state index is 7.60. The van der Waals surface area contributed by atoms with Crippen LogP contribution in [0.15, 0.2) is 30.6 Å². The van der Waals surface area contributed by atoms with Crippen molar-refractivity contribution < 1.29 is 0 Å². The van der Waals surface area contributed by atoms with Crippen LogP contribution in [0.1, 0.15) is 5.56 Å². The molecule has 22 heavy (non-hydrogen) atoms. The van der Waals surface area contributed by atoms with E-state index in [0.29, 0.717) is 11.1 Å². The van der Waals surface area contributed by atoms with Crippen molar-refractivity contribution in [2.45, 2.75) is 0 Å². The molecule has 0 radical (unpaired) electrons. The van der Waals surface area contributed by atoms with Crippen molar-refractivity contribution in [3.63, 3.8) is 0 Å². The maximum absolute atomic E-state index is 7.60. The van der Waals surface area contributed by atoms with E-state index in [4.69, 9.17) is 17.0 Å². The highest BCUT2D eigenvalue weighted by Gasteiger charge is 2.23. The van der Waals surface area contributed by atoms with Gasteiger partial charge in [0.1, 0.15) is 5.15 Å². The molecule has 0 unspecified atom stereocenters. The Morgan fingerprint density at radius 2 is 2.27 bits per heavy atom. The Balaban J connectivity index is 1.75. The van der Waals surface area contributed by atoms with E-state index in [0.717, 1.165) is 41.8 Å². The third kappa shape index (κ3) is 3.40. The number of thiol groups is 1. The third-order valence-electron chi connectivity index (χ3n) is 3.59. The summed E-state index contributed by atoms with van der Waals surface area (Å²) in [5.74, 6) is 0.607. The van der Waals surface area contributed by atoms with Crippen LogP contribution >= 0.6 is 24.4 Å². The molecule has 0 amide bonds. The lowest BCUT2D eigenvalue weighted by molar-refractivity contribution is 0.222. The smallest absolute Gasteiger partial charge is 0.129 e. The Hall–Kier alpha value is -1.63. The first kappa shape index (κ1) is 15.3. The van der Waals surface area contributed by atoms with E-state index in [1.54, 1.807) is 12.3 Å². The van der Waals surface area contributed by atoms with Crippen molar-refractivity contribution >= 4 is 47.2 Å². The zero-order chi connectivity index (χ0) is 15.5. The zero-order valence-electron chi connectivity index (χ0n) is 11.8. The van der Waals surface area contributed by atoms with Crippen molar-refractivity contribution in [2.75, 3.05) is 19.6 Å². The first-order valence-corrected chi connectivity index (χ1v) is 7.74. The molecule has 0 aliphatic carbocycles. The number of fused-ring (bicyclic) bond motifs is 1. The molecule has 0 atom stereocenters. The summed E-state index contributed by atoms with van der Waals surface area (Å²) in [5, 5.41) is 11.3. The number of hydrogen-bond donors (Lipinski definition) is 3. The molecule has 1 aliphatic rings. The zero-order valence-corrected chi connectivity index (χ0v) is 13.5. The average Bonchev–Trinajstić information content (AvgIpc) is 2.48. The molecule has 5 nitrogen and oxygen atoms in total. The SMILES string of the molecule is N=C/C(=C\NCC1CN(S)C1)c1cnc2ccc(Cl)nc2c1. The molecule has 3 rings (SSSR count). The van der Waals surface area contributed by atoms with Gasteiger partial charge in [0.05, 0.1) is 11.0 Å². The lowest BCUT2D eigenvalue weighted by atomic mass is 10.0. The molecular weight excluding hydrogens is 318 g/mol. The summed E-state index contributed by atoms with van der Waals surface area (Å²) in [4.78, 5) is 8.62. The number of hydrogen-bond acceptors (Lipinski definition) is 6. The molecule has 1 saturated heterocycles. The Morgan fingerprint density at radius 1 is 1.45 bits per heavy atom. The second-order valence-corrected chi connectivity index (χ2v) is 6.24. The van der Waals surface area contributed by atoms with E-state index in [1.807, 2.05) is 22.6 Å². The van der Waals surface area contributed by atoms with Gasteiger partial charge in [0.15, 0.2) is 0 Å². The largest absolute Gasteiger partial charge is 0.390 e. The van der Waals surface area contributed by atoms with Crippen molar-refractivity contribution in [2.24, 2.45) is 5.92 Å². The summed E-state index contributed by atoms with van der Waals surface area (Å²) in [6.07, 6.45) is 4.91. The highest BCUT2D eigenvalue weighted by Crippen LogP contribution is 2.19. The van der Waals surface area contributed by atoms with Gasteiger partial charge in [0.2, 0.25) is 0 Å². The quantitative estimate of drug-likeness (QED) is 0.447. The van der Waals surface area contributed by atoms with Crippen molar-refractivity contribution in [1.82, 2.24) is 19.6 Å². The van der Waals surface area contributed by atoms with Crippen LogP contribution in [-0.4, -0.2) is 40.1 Å². The number of nitrogens with zero attached hydrogens (tertiary/aromatic N) is 3. The van der Waals surface area contributed by atoms with Crippen LogP contribution in [0.4, 0.5) is 0 Å². The predicted octanol–water partition coefficient (Wildman–Crippen LogP) is 2.64. The second-order valence-electron chi connectivity index (χ2n) is 5.29. The van der Waals surface area contributed by atoms with Crippen LogP contribution < -0.4 is 5.32 Å². The van der Waals surface area contributed by atoms with Gasteiger partial charge in [-0.3, -0.25) is 9.29 Å². The van der Waals surface area contributed by atoms with Gasteiger partial charge < -0.3 is 10.7 Å². The lowest BCUT2D eigenvalue weighted by Crippen LogP contribution is -2.44. The average molecular weight is 334 g/mol. The molecule has 2 aromatic rings. The third-order valence-corrected chi connectivity index (χ3v) is 4.13. The van der Waals surface area contributed by atoms with Crippen LogP contribution in [-0.2, 0) is 0 Å². The maximum Gasteiger partial charge on any atom is 0.129 e. The minimum absolute atomic E-state index is 0.436. The normalized spacial score (nSPS) is 16.5. The molecule has 0 saturated carbocycles. The van der Waals surface area contributed by atoms with Crippen LogP contribution in [0.2, 0.25) is 5.15 Å². The van der Waals surface area contributed by atoms with Gasteiger partial charge in [-0.05, 0) is 18.2 Å². The number of rotatable bonds is 5. The highest BCUT2D eigenvalue weighted by molar-refractivity contribution is 7.77. The number of nitrogens with one attached hydrogen (secondary N) is 2. The molecule has 0 spiro atoms. The molecule has 3 heterocycles. The Kier molecular flexibility index (Phi) is 4.61. The Labute approximate surface area is 139 Å². The van der Waals surface area contributed by atoms with E-state index in [-0.39, 0.29) is 0 Å².